The van der Waals surface area contributed by atoms with Crippen molar-refractivity contribution in [2.75, 3.05) is 19.6 Å². The van der Waals surface area contributed by atoms with E-state index in [1.165, 1.54) is 16.7 Å². The fraction of sp³-hybridized carbons (Fsp3) is 0.588. The number of hydrogen-bond acceptors (Lipinski definition) is 3. The lowest BCUT2D eigenvalue weighted by Crippen LogP contribution is -2.44. The second-order valence-corrected chi connectivity index (χ2v) is 5.88. The highest BCUT2D eigenvalue weighted by molar-refractivity contribution is 5.79. The van der Waals surface area contributed by atoms with Gasteiger partial charge in [0.15, 0.2) is 0 Å². The van der Waals surface area contributed by atoms with Crippen molar-refractivity contribution in [2.45, 2.75) is 45.8 Å². The zero-order chi connectivity index (χ0) is 15.4. The van der Waals surface area contributed by atoms with Crippen molar-refractivity contribution < 1.29 is 9.90 Å². The molecule has 1 aliphatic rings. The average molecular weight is 290 g/mol. The molecule has 0 bridgehead atoms. The Hall–Kier alpha value is -1.39. The molecule has 1 unspecified atom stereocenters. The van der Waals surface area contributed by atoms with E-state index in [0.29, 0.717) is 6.54 Å². The Morgan fingerprint density at radius 1 is 1.52 bits per heavy atom. The summed E-state index contributed by atoms with van der Waals surface area (Å²) in [6, 6.07) is 6.76. The topological polar surface area (TPSA) is 52.6 Å². The summed E-state index contributed by atoms with van der Waals surface area (Å²) >= 11 is 0. The Bertz CT molecular complexity index is 500. The molecule has 2 atom stereocenters. The normalized spacial score (nSPS) is 19.2. The summed E-state index contributed by atoms with van der Waals surface area (Å²) in [5, 5.41) is 12.2. The number of aliphatic hydroxyl groups excluding tert-OH is 1. The van der Waals surface area contributed by atoms with Crippen molar-refractivity contribution >= 4 is 5.91 Å². The lowest BCUT2D eigenvalue weighted by Gasteiger charge is -2.35. The monoisotopic (exact) mass is 290 g/mol. The van der Waals surface area contributed by atoms with E-state index >= 15 is 0 Å². The first-order valence-corrected chi connectivity index (χ1v) is 7.82. The van der Waals surface area contributed by atoms with E-state index in [9.17, 15) is 9.90 Å². The predicted molar refractivity (Wildman–Crippen MR) is 84.2 cm³/mol. The van der Waals surface area contributed by atoms with Gasteiger partial charge in [-0.1, -0.05) is 25.1 Å². The molecule has 1 amide bonds. The standard InChI is InChI=1S/C17H26N2O2/c1-4-14-5-6-15-7-8-19(13(3)16(15)9-14)17(21)11-18-10-12(2)20/h5-6,9,12-13,18,20H,4,7-8,10-11H2,1-3H3/t12-,13?/m1/s1. The fourth-order valence-electron chi connectivity index (χ4n) is 2.91. The van der Waals surface area contributed by atoms with Crippen LogP contribution in [0.5, 0.6) is 0 Å². The van der Waals surface area contributed by atoms with Gasteiger partial charge in [-0.3, -0.25) is 4.79 Å². The van der Waals surface area contributed by atoms with Crippen molar-refractivity contribution in [1.29, 1.82) is 0 Å². The fourth-order valence-corrected chi connectivity index (χ4v) is 2.91. The second kappa shape index (κ2) is 7.05. The molecule has 4 nitrogen and oxygen atoms in total. The van der Waals surface area contributed by atoms with E-state index in [0.717, 1.165) is 19.4 Å². The number of fused-ring (bicyclic) bond motifs is 1. The van der Waals surface area contributed by atoms with Gasteiger partial charge < -0.3 is 15.3 Å². The summed E-state index contributed by atoms with van der Waals surface area (Å²) in [6.45, 7) is 7.48. The maximum absolute atomic E-state index is 12.3. The third-order valence-electron chi connectivity index (χ3n) is 4.19. The van der Waals surface area contributed by atoms with Gasteiger partial charge in [0, 0.05) is 13.1 Å². The molecule has 1 aromatic rings. The first-order valence-electron chi connectivity index (χ1n) is 7.82. The van der Waals surface area contributed by atoms with Crippen LogP contribution in [0.2, 0.25) is 0 Å². The summed E-state index contributed by atoms with van der Waals surface area (Å²) in [4.78, 5) is 14.3. The van der Waals surface area contributed by atoms with Crippen molar-refractivity contribution in [1.82, 2.24) is 10.2 Å². The molecule has 0 saturated carbocycles. The second-order valence-electron chi connectivity index (χ2n) is 5.88. The average Bonchev–Trinajstić information content (AvgIpc) is 2.47. The summed E-state index contributed by atoms with van der Waals surface area (Å²) in [7, 11) is 0. The van der Waals surface area contributed by atoms with Crippen LogP contribution in [0.1, 0.15) is 43.5 Å². The third kappa shape index (κ3) is 3.83. The van der Waals surface area contributed by atoms with Crippen LogP contribution in [0.25, 0.3) is 0 Å². The van der Waals surface area contributed by atoms with Crippen LogP contribution in [0, 0.1) is 0 Å². The molecule has 1 aromatic carbocycles. The van der Waals surface area contributed by atoms with Crippen LogP contribution < -0.4 is 5.32 Å². The van der Waals surface area contributed by atoms with Crippen LogP contribution in [0.4, 0.5) is 0 Å². The van der Waals surface area contributed by atoms with Gasteiger partial charge in [-0.05, 0) is 43.4 Å². The predicted octanol–water partition coefficient (Wildman–Crippen LogP) is 1.67. The van der Waals surface area contributed by atoms with Gasteiger partial charge in [0.1, 0.15) is 0 Å². The smallest absolute Gasteiger partial charge is 0.237 e. The van der Waals surface area contributed by atoms with Crippen molar-refractivity contribution in [3.8, 4) is 0 Å². The molecule has 1 heterocycles. The Balaban J connectivity index is 2.05. The van der Waals surface area contributed by atoms with Gasteiger partial charge in [0.25, 0.3) is 0 Å². The number of nitrogens with zero attached hydrogens (tertiary/aromatic N) is 1. The Kier molecular flexibility index (Phi) is 5.37. The number of aliphatic hydroxyl groups is 1. The molecule has 0 saturated heterocycles. The molecule has 116 valence electrons. The zero-order valence-electron chi connectivity index (χ0n) is 13.2. The van der Waals surface area contributed by atoms with E-state index in [2.05, 4.69) is 37.4 Å². The minimum absolute atomic E-state index is 0.107. The molecule has 2 rings (SSSR count). The van der Waals surface area contributed by atoms with E-state index in [-0.39, 0.29) is 18.5 Å². The zero-order valence-corrected chi connectivity index (χ0v) is 13.2. The number of rotatable bonds is 5. The van der Waals surface area contributed by atoms with Crippen LogP contribution in [-0.2, 0) is 17.6 Å². The first-order chi connectivity index (χ1) is 10.0. The van der Waals surface area contributed by atoms with Crippen molar-refractivity contribution in [3.63, 3.8) is 0 Å². The van der Waals surface area contributed by atoms with E-state index in [4.69, 9.17) is 0 Å². The van der Waals surface area contributed by atoms with Crippen molar-refractivity contribution in [3.05, 3.63) is 34.9 Å². The summed E-state index contributed by atoms with van der Waals surface area (Å²) in [5.74, 6) is 0.107. The van der Waals surface area contributed by atoms with Gasteiger partial charge in [0.05, 0.1) is 18.7 Å². The molecule has 0 radical (unpaired) electrons. The lowest BCUT2D eigenvalue weighted by atomic mass is 9.91. The molecule has 21 heavy (non-hydrogen) atoms. The molecule has 0 aromatic heterocycles. The summed E-state index contributed by atoms with van der Waals surface area (Å²) in [6.07, 6.45) is 1.51. The molecular formula is C17H26N2O2. The quantitative estimate of drug-likeness (QED) is 0.867. The Morgan fingerprint density at radius 2 is 2.29 bits per heavy atom. The van der Waals surface area contributed by atoms with Gasteiger partial charge in [-0.15, -0.1) is 0 Å². The third-order valence-corrected chi connectivity index (χ3v) is 4.19. The minimum atomic E-state index is -0.426. The highest BCUT2D eigenvalue weighted by Gasteiger charge is 2.27. The molecule has 4 heteroatoms. The maximum Gasteiger partial charge on any atom is 0.237 e. The molecule has 2 N–H and O–H groups in total. The van der Waals surface area contributed by atoms with Gasteiger partial charge in [-0.25, -0.2) is 0 Å². The molecule has 0 spiro atoms. The number of amides is 1. The summed E-state index contributed by atoms with van der Waals surface area (Å²) < 4.78 is 0. The van der Waals surface area contributed by atoms with E-state index < -0.39 is 6.10 Å². The van der Waals surface area contributed by atoms with Crippen LogP contribution >= 0.6 is 0 Å². The number of carbonyl (C=O) groups is 1. The molecular weight excluding hydrogens is 264 g/mol. The number of nitrogens with one attached hydrogen (secondary N) is 1. The SMILES string of the molecule is CCc1ccc2c(c1)C(C)N(C(=O)CNC[C@@H](C)O)CC2. The highest BCUT2D eigenvalue weighted by Crippen LogP contribution is 2.30. The molecule has 1 aliphatic heterocycles. The van der Waals surface area contributed by atoms with Crippen LogP contribution in [-0.4, -0.2) is 41.7 Å². The number of aryl methyl sites for hydroxylation is 1. The Morgan fingerprint density at radius 3 is 2.95 bits per heavy atom. The highest BCUT2D eigenvalue weighted by atomic mass is 16.3. The molecule has 0 aliphatic carbocycles. The lowest BCUT2D eigenvalue weighted by molar-refractivity contribution is -0.132. The summed E-state index contributed by atoms with van der Waals surface area (Å²) in [5.41, 5.74) is 3.97. The van der Waals surface area contributed by atoms with Crippen LogP contribution in [0.3, 0.4) is 0 Å². The van der Waals surface area contributed by atoms with E-state index in [1.807, 2.05) is 4.90 Å². The first kappa shape index (κ1) is 16.0. The maximum atomic E-state index is 12.3. The minimum Gasteiger partial charge on any atom is -0.392 e. The van der Waals surface area contributed by atoms with Gasteiger partial charge in [0.2, 0.25) is 5.91 Å². The van der Waals surface area contributed by atoms with Gasteiger partial charge >= 0.3 is 0 Å². The van der Waals surface area contributed by atoms with Crippen LogP contribution in [0.15, 0.2) is 18.2 Å². The number of benzene rings is 1. The van der Waals surface area contributed by atoms with Gasteiger partial charge in [-0.2, -0.15) is 0 Å². The number of carbonyl (C=O) groups excluding carboxylic acids is 1. The Labute approximate surface area is 127 Å². The van der Waals surface area contributed by atoms with E-state index in [1.54, 1.807) is 6.92 Å². The van der Waals surface area contributed by atoms with Crippen molar-refractivity contribution in [2.24, 2.45) is 0 Å². The molecule has 0 fully saturated rings. The number of hydrogen-bond donors (Lipinski definition) is 2. The largest absolute Gasteiger partial charge is 0.392 e.